The molecule has 1 aliphatic rings. The average molecular weight is 412 g/mol. The minimum Gasteiger partial charge on any atom is -0.455 e. The first-order valence-electron chi connectivity index (χ1n) is 10.3. The second-order valence-corrected chi connectivity index (χ2v) is 18.0. The molecular formula is C23H33NO2Si2. The monoisotopic (exact) mass is 411 g/mol. The number of carbonyl (C=O) groups excluding carboxylic acids is 1. The van der Waals surface area contributed by atoms with Gasteiger partial charge < -0.3 is 9.43 Å². The molecule has 0 spiro atoms. The molecule has 1 amide bonds. The number of benzene rings is 2. The van der Waals surface area contributed by atoms with Gasteiger partial charge in [-0.2, -0.15) is 0 Å². The smallest absolute Gasteiger partial charge is 0.222 e. The lowest BCUT2D eigenvalue weighted by Gasteiger charge is -2.43. The molecule has 1 N–H and O–H groups in total. The van der Waals surface area contributed by atoms with E-state index in [1.807, 2.05) is 12.1 Å². The Balaban J connectivity index is 1.73. The molecule has 0 bridgehead atoms. The van der Waals surface area contributed by atoms with Crippen LogP contribution in [0.5, 0.6) is 0 Å². The average Bonchev–Trinajstić information content (AvgIpc) is 2.61. The van der Waals surface area contributed by atoms with Gasteiger partial charge in [-0.05, 0) is 62.2 Å². The number of nitrogens with one attached hydrogen (secondary N) is 1. The minimum atomic E-state index is -1.75. The number of amides is 1. The molecule has 3 rings (SSSR count). The van der Waals surface area contributed by atoms with E-state index >= 15 is 0 Å². The summed E-state index contributed by atoms with van der Waals surface area (Å²) in [4.78, 5) is 13.2. The quantitative estimate of drug-likeness (QED) is 0.678. The molecule has 0 aromatic heterocycles. The molecule has 0 aliphatic carbocycles. The lowest BCUT2D eigenvalue weighted by molar-refractivity contribution is -0.125. The van der Waals surface area contributed by atoms with Crippen LogP contribution < -0.4 is 5.32 Å². The van der Waals surface area contributed by atoms with Crippen molar-refractivity contribution in [1.29, 1.82) is 0 Å². The second kappa shape index (κ2) is 8.76. The second-order valence-electron chi connectivity index (χ2n) is 9.31. The Morgan fingerprint density at radius 2 is 1.32 bits per heavy atom. The maximum atomic E-state index is 13.2. The van der Waals surface area contributed by atoms with E-state index in [-0.39, 0.29) is 17.9 Å². The van der Waals surface area contributed by atoms with Crippen LogP contribution in [0.25, 0.3) is 0 Å². The highest BCUT2D eigenvalue weighted by Crippen LogP contribution is 2.35. The molecule has 2 aromatic rings. The van der Waals surface area contributed by atoms with Gasteiger partial charge in [-0.25, -0.2) is 0 Å². The summed E-state index contributed by atoms with van der Waals surface area (Å²) in [6.07, 6.45) is 1.71. The molecule has 3 nitrogen and oxygen atoms in total. The first kappa shape index (κ1) is 21.0. The Labute approximate surface area is 171 Å². The predicted octanol–water partition coefficient (Wildman–Crippen LogP) is 5.01. The molecule has 1 fully saturated rings. The van der Waals surface area contributed by atoms with Crippen LogP contribution in [0, 0.1) is 5.92 Å². The zero-order valence-electron chi connectivity index (χ0n) is 17.6. The van der Waals surface area contributed by atoms with Gasteiger partial charge in [0.05, 0.1) is 0 Å². The van der Waals surface area contributed by atoms with Crippen molar-refractivity contribution in [2.75, 3.05) is 0 Å². The van der Waals surface area contributed by atoms with E-state index in [0.717, 1.165) is 24.9 Å². The van der Waals surface area contributed by atoms with E-state index in [2.05, 4.69) is 80.0 Å². The van der Waals surface area contributed by atoms with Crippen LogP contribution in [0.1, 0.15) is 11.1 Å². The number of hydrogen-bond donors (Lipinski definition) is 1. The van der Waals surface area contributed by atoms with E-state index in [0.29, 0.717) is 0 Å². The van der Waals surface area contributed by atoms with Crippen molar-refractivity contribution < 1.29 is 8.91 Å². The lowest BCUT2D eigenvalue weighted by Crippen LogP contribution is -2.55. The fourth-order valence-corrected chi connectivity index (χ4v) is 14.5. The van der Waals surface area contributed by atoms with Gasteiger partial charge in [0, 0.05) is 12.0 Å². The van der Waals surface area contributed by atoms with Crippen molar-refractivity contribution in [3.8, 4) is 0 Å². The summed E-state index contributed by atoms with van der Waals surface area (Å²) in [5.74, 6) is 0.326. The molecule has 5 heteroatoms. The number of hydrogen-bond acceptors (Lipinski definition) is 2. The SMILES string of the molecule is C[Si]1(C)CC(C(=O)NC(Cc2ccccc2)Cc2ccccc2)C[Si](C)(C)O1. The number of rotatable bonds is 6. The van der Waals surface area contributed by atoms with Crippen molar-refractivity contribution in [3.05, 3.63) is 71.8 Å². The third-order valence-corrected chi connectivity index (χ3v) is 12.8. The summed E-state index contributed by atoms with van der Waals surface area (Å²) in [6, 6.07) is 22.9. The highest BCUT2D eigenvalue weighted by atomic mass is 28.4. The highest BCUT2D eigenvalue weighted by Gasteiger charge is 2.44. The lowest BCUT2D eigenvalue weighted by atomic mass is 9.98. The Kier molecular flexibility index (Phi) is 6.58. The van der Waals surface area contributed by atoms with Gasteiger partial charge in [0.15, 0.2) is 16.6 Å². The van der Waals surface area contributed by atoms with E-state index in [1.165, 1.54) is 11.1 Å². The van der Waals surface area contributed by atoms with Crippen LogP contribution in [0.15, 0.2) is 60.7 Å². The molecule has 2 aromatic carbocycles. The molecule has 0 unspecified atom stereocenters. The van der Waals surface area contributed by atoms with E-state index in [4.69, 9.17) is 4.12 Å². The molecule has 1 heterocycles. The summed E-state index contributed by atoms with van der Waals surface area (Å²) >= 11 is 0. The molecule has 0 radical (unpaired) electrons. The first-order valence-corrected chi connectivity index (χ1v) is 16.5. The Bertz CT molecular complexity index is 720. The van der Waals surface area contributed by atoms with E-state index in [9.17, 15) is 4.79 Å². The van der Waals surface area contributed by atoms with Gasteiger partial charge >= 0.3 is 0 Å². The van der Waals surface area contributed by atoms with Crippen LogP contribution in [0.2, 0.25) is 38.3 Å². The third kappa shape index (κ3) is 6.16. The Hall–Kier alpha value is -1.70. The summed E-state index contributed by atoms with van der Waals surface area (Å²) in [6.45, 7) is 9.03. The largest absolute Gasteiger partial charge is 0.455 e. The van der Waals surface area contributed by atoms with Gasteiger partial charge in [-0.3, -0.25) is 4.79 Å². The van der Waals surface area contributed by atoms with E-state index in [1.54, 1.807) is 0 Å². The van der Waals surface area contributed by atoms with Gasteiger partial charge in [-0.1, -0.05) is 60.7 Å². The summed E-state index contributed by atoms with van der Waals surface area (Å²) in [5, 5.41) is 3.41. The van der Waals surface area contributed by atoms with Crippen LogP contribution in [-0.2, 0) is 21.8 Å². The van der Waals surface area contributed by atoms with Crippen LogP contribution in [0.4, 0.5) is 0 Å². The summed E-state index contributed by atoms with van der Waals surface area (Å²) < 4.78 is 6.44. The fraction of sp³-hybridized carbons (Fsp3) is 0.435. The van der Waals surface area contributed by atoms with Crippen molar-refractivity contribution in [3.63, 3.8) is 0 Å². The molecular weight excluding hydrogens is 378 g/mol. The predicted molar refractivity (Wildman–Crippen MR) is 121 cm³/mol. The number of carbonyl (C=O) groups is 1. The maximum Gasteiger partial charge on any atom is 0.222 e. The van der Waals surface area contributed by atoms with Crippen molar-refractivity contribution >= 4 is 22.5 Å². The summed E-state index contributed by atoms with van der Waals surface area (Å²) in [7, 11) is -3.50. The maximum absolute atomic E-state index is 13.2. The van der Waals surface area contributed by atoms with Crippen molar-refractivity contribution in [1.82, 2.24) is 5.32 Å². The molecule has 0 saturated carbocycles. The molecule has 1 aliphatic heterocycles. The van der Waals surface area contributed by atoms with Crippen molar-refractivity contribution in [2.24, 2.45) is 5.92 Å². The normalized spacial score (nSPS) is 18.8. The topological polar surface area (TPSA) is 38.3 Å². The molecule has 150 valence electrons. The third-order valence-electron chi connectivity index (χ3n) is 5.40. The molecule has 28 heavy (non-hydrogen) atoms. The fourth-order valence-electron chi connectivity index (χ4n) is 4.57. The van der Waals surface area contributed by atoms with Gasteiger partial charge in [0.1, 0.15) is 0 Å². The van der Waals surface area contributed by atoms with Gasteiger partial charge in [0.2, 0.25) is 5.91 Å². The zero-order chi connectivity index (χ0) is 20.2. The highest BCUT2D eigenvalue weighted by molar-refractivity contribution is 6.86. The molecule has 0 atom stereocenters. The molecule has 1 saturated heterocycles. The standard InChI is InChI=1S/C23H33NO2Si2/c1-27(2)17-21(18-28(3,4)26-27)23(25)24-22(15-19-11-7-5-8-12-19)16-20-13-9-6-10-14-20/h5-14,21-22H,15-18H2,1-4H3,(H,24,25). The Morgan fingerprint density at radius 1 is 0.893 bits per heavy atom. The first-order chi connectivity index (χ1) is 13.2. The van der Waals surface area contributed by atoms with Gasteiger partial charge in [0.25, 0.3) is 0 Å². The van der Waals surface area contributed by atoms with Crippen LogP contribution in [-0.4, -0.2) is 28.6 Å². The minimum absolute atomic E-state index is 0.103. The van der Waals surface area contributed by atoms with Crippen LogP contribution >= 0.6 is 0 Å². The van der Waals surface area contributed by atoms with Crippen molar-refractivity contribution in [2.45, 2.75) is 57.2 Å². The van der Waals surface area contributed by atoms with Gasteiger partial charge in [-0.15, -0.1) is 0 Å². The summed E-state index contributed by atoms with van der Waals surface area (Å²) in [5.41, 5.74) is 2.53. The Morgan fingerprint density at radius 3 is 1.75 bits per heavy atom. The zero-order valence-corrected chi connectivity index (χ0v) is 19.6. The van der Waals surface area contributed by atoms with Crippen LogP contribution in [0.3, 0.4) is 0 Å². The van der Waals surface area contributed by atoms with E-state index < -0.39 is 16.6 Å².